The standard InChI is InChI=1S/C35H52N2.C4H10N.Sc/c1-22(2)26-17-15-18-27(23(3)4)32(26)36-30(34(9,10)11)21-31(35(12,13)14)37-33-28(24(5)6)19-16-20-29(33)25(7)8;1-4(2,3)5;/h15-25H,1H2,2-14H3;5H,1-3H3;/q-2;-1;+3/b31-21-,36-30?;;/t22-;;/m1../s1. The molecule has 4 heteroatoms. The van der Waals surface area contributed by atoms with Crippen molar-refractivity contribution in [3.05, 3.63) is 88.4 Å². The van der Waals surface area contributed by atoms with Crippen LogP contribution in [-0.2, 0) is 25.8 Å². The molecule has 0 aliphatic carbocycles. The SMILES string of the molecule is CC(C)(C)[NH-].[CH2-][C@H](C)c1cccc(C(C)C)c1N=C(/C=C(\[N-]c1c(C(C)C)cccc1C(C)C)C(C)(C)C)C(C)(C)C.[Sc+3]. The van der Waals surface area contributed by atoms with Crippen molar-refractivity contribution in [1.29, 1.82) is 0 Å². The molecule has 0 bridgehead atoms. The number of benzene rings is 2. The average Bonchev–Trinajstić information content (AvgIpc) is 2.80. The van der Waals surface area contributed by atoms with Gasteiger partial charge in [0, 0.05) is 11.1 Å². The van der Waals surface area contributed by atoms with Crippen LogP contribution in [0.1, 0.15) is 157 Å². The van der Waals surface area contributed by atoms with E-state index in [1.54, 1.807) is 0 Å². The monoisotopic (exact) mass is 617 g/mol. The summed E-state index contributed by atoms with van der Waals surface area (Å²) in [5.74, 6) is 1.32. The Hall–Kier alpha value is -1.52. The van der Waals surface area contributed by atoms with E-state index >= 15 is 0 Å². The van der Waals surface area contributed by atoms with Gasteiger partial charge < -0.3 is 18.0 Å². The molecule has 0 spiro atoms. The number of rotatable bonds is 8. The summed E-state index contributed by atoms with van der Waals surface area (Å²) in [5, 5.41) is 5.45. The number of hydrogen-bond donors (Lipinski definition) is 0. The number of allylic oxidation sites excluding steroid dienone is 2. The summed E-state index contributed by atoms with van der Waals surface area (Å²) < 4.78 is 0. The average molecular weight is 618 g/mol. The van der Waals surface area contributed by atoms with Crippen LogP contribution in [0.15, 0.2) is 53.2 Å². The first kappa shape index (κ1) is 41.5. The van der Waals surface area contributed by atoms with Crippen LogP contribution in [0.4, 0.5) is 11.4 Å². The minimum Gasteiger partial charge on any atom is -0.673 e. The largest absolute Gasteiger partial charge is 3.00 e. The summed E-state index contributed by atoms with van der Waals surface area (Å²) >= 11 is 0. The molecule has 0 saturated carbocycles. The fourth-order valence-corrected chi connectivity index (χ4v) is 4.42. The quantitative estimate of drug-likeness (QED) is 0.209. The first-order chi connectivity index (χ1) is 18.9. The number of aliphatic imine (C=N–C) groups is 1. The normalized spacial score (nSPS) is 14.0. The van der Waals surface area contributed by atoms with E-state index in [0.29, 0.717) is 17.8 Å². The number of para-hydroxylation sites is 2. The number of nitrogens with one attached hydrogen (secondary N) is 1. The topological polar surface area (TPSA) is 50.3 Å². The molecule has 0 unspecified atom stereocenters. The van der Waals surface area contributed by atoms with E-state index in [2.05, 4.69) is 139 Å². The maximum absolute atomic E-state index is 6.94. The van der Waals surface area contributed by atoms with Gasteiger partial charge in [0.1, 0.15) is 0 Å². The molecule has 0 aromatic heterocycles. The van der Waals surface area contributed by atoms with E-state index in [0.717, 1.165) is 22.8 Å². The molecule has 236 valence electrons. The zero-order valence-corrected chi connectivity index (χ0v) is 32.3. The zero-order chi connectivity index (χ0) is 32.8. The zero-order valence-electron chi connectivity index (χ0n) is 30.5. The molecular formula is C39H62N3Sc. The maximum atomic E-state index is 6.94. The van der Waals surface area contributed by atoms with Gasteiger partial charge in [0.15, 0.2) is 0 Å². The van der Waals surface area contributed by atoms with Crippen LogP contribution in [0.2, 0.25) is 0 Å². The number of hydrogen-bond acceptors (Lipinski definition) is 1. The number of nitrogens with zero attached hydrogens (tertiary/aromatic N) is 2. The minimum absolute atomic E-state index is 0. The minimum atomic E-state index is -0.250. The van der Waals surface area contributed by atoms with Crippen molar-refractivity contribution in [1.82, 2.24) is 0 Å². The van der Waals surface area contributed by atoms with E-state index in [-0.39, 0.29) is 48.1 Å². The molecule has 3 nitrogen and oxygen atoms in total. The maximum Gasteiger partial charge on any atom is 3.00 e. The predicted molar refractivity (Wildman–Crippen MR) is 190 cm³/mol. The molecule has 2 aromatic rings. The molecule has 0 heterocycles. The van der Waals surface area contributed by atoms with Crippen LogP contribution >= 0.6 is 0 Å². The van der Waals surface area contributed by atoms with Crippen molar-refractivity contribution >= 4 is 17.1 Å². The Morgan fingerprint density at radius 3 is 1.40 bits per heavy atom. The molecule has 43 heavy (non-hydrogen) atoms. The van der Waals surface area contributed by atoms with Crippen LogP contribution < -0.4 is 0 Å². The molecule has 0 amide bonds. The van der Waals surface area contributed by atoms with Gasteiger partial charge in [0.2, 0.25) is 0 Å². The predicted octanol–water partition coefficient (Wildman–Crippen LogP) is 13.6. The van der Waals surface area contributed by atoms with E-state index in [9.17, 15) is 0 Å². The van der Waals surface area contributed by atoms with Gasteiger partial charge in [-0.25, -0.2) is 0 Å². The summed E-state index contributed by atoms with van der Waals surface area (Å²) in [4.78, 5) is 5.42. The van der Waals surface area contributed by atoms with Gasteiger partial charge in [0.05, 0.1) is 5.69 Å². The third-order valence-corrected chi connectivity index (χ3v) is 6.87. The van der Waals surface area contributed by atoms with Gasteiger partial charge in [-0.3, -0.25) is 4.99 Å². The van der Waals surface area contributed by atoms with Crippen molar-refractivity contribution < 1.29 is 25.8 Å². The Labute approximate surface area is 285 Å². The van der Waals surface area contributed by atoms with Gasteiger partial charge in [-0.15, -0.1) is 17.1 Å². The third-order valence-electron chi connectivity index (χ3n) is 6.87. The van der Waals surface area contributed by atoms with Crippen molar-refractivity contribution in [3.63, 3.8) is 0 Å². The van der Waals surface area contributed by atoms with Crippen LogP contribution in [0.5, 0.6) is 0 Å². The second-order valence-corrected chi connectivity index (χ2v) is 15.8. The van der Waals surface area contributed by atoms with E-state index < -0.39 is 0 Å². The molecule has 0 saturated heterocycles. The van der Waals surface area contributed by atoms with Crippen molar-refractivity contribution in [2.75, 3.05) is 0 Å². The molecule has 0 radical (unpaired) electrons. The van der Waals surface area contributed by atoms with E-state index in [1.165, 1.54) is 22.3 Å². The van der Waals surface area contributed by atoms with Crippen LogP contribution in [0, 0.1) is 17.8 Å². The van der Waals surface area contributed by atoms with Crippen molar-refractivity contribution in [2.45, 2.75) is 140 Å². The first-order valence-electron chi connectivity index (χ1n) is 15.8. The fraction of sp³-hybridized carbons (Fsp3) is 0.590. The van der Waals surface area contributed by atoms with Gasteiger partial charge in [0.25, 0.3) is 0 Å². The van der Waals surface area contributed by atoms with E-state index in [4.69, 9.17) is 16.0 Å². The molecule has 2 rings (SSSR count). The Balaban J connectivity index is 0.00000270. The van der Waals surface area contributed by atoms with Gasteiger partial charge in [-0.2, -0.15) is 5.70 Å². The fourth-order valence-electron chi connectivity index (χ4n) is 4.42. The Morgan fingerprint density at radius 1 is 0.698 bits per heavy atom. The molecule has 0 aliphatic heterocycles. The smallest absolute Gasteiger partial charge is 0.673 e. The molecule has 0 fully saturated rings. The second kappa shape index (κ2) is 16.7. The summed E-state index contributed by atoms with van der Waals surface area (Å²) in [6.07, 6.45) is 2.26. The third kappa shape index (κ3) is 13.6. The van der Waals surface area contributed by atoms with Crippen LogP contribution in [-0.4, -0.2) is 11.3 Å². The first-order valence-corrected chi connectivity index (χ1v) is 15.8. The second-order valence-electron chi connectivity index (χ2n) is 15.8. The van der Waals surface area contributed by atoms with Crippen molar-refractivity contribution in [3.8, 4) is 0 Å². The van der Waals surface area contributed by atoms with Crippen molar-refractivity contribution in [2.24, 2.45) is 15.8 Å². The van der Waals surface area contributed by atoms with Gasteiger partial charge >= 0.3 is 25.8 Å². The van der Waals surface area contributed by atoms with Gasteiger partial charge in [-0.05, 0) is 34.3 Å². The summed E-state index contributed by atoms with van der Waals surface area (Å²) in [6.45, 7) is 39.0. The molecule has 1 N–H and O–H groups in total. The Kier molecular flexibility index (Phi) is 16.1. The Morgan fingerprint density at radius 2 is 1.07 bits per heavy atom. The molecule has 1 atom stereocenters. The molecular weight excluding hydrogens is 555 g/mol. The molecule has 0 aliphatic rings. The Bertz CT molecular complexity index is 1150. The molecule has 2 aromatic carbocycles. The van der Waals surface area contributed by atoms with Gasteiger partial charge in [-0.1, -0.05) is 164 Å². The summed E-state index contributed by atoms with van der Waals surface area (Å²) in [6, 6.07) is 13.2. The van der Waals surface area contributed by atoms with Crippen LogP contribution in [0.25, 0.3) is 11.1 Å². The van der Waals surface area contributed by atoms with E-state index in [1.807, 2.05) is 20.8 Å². The summed E-state index contributed by atoms with van der Waals surface area (Å²) in [5.41, 5.74) is 15.7. The summed E-state index contributed by atoms with van der Waals surface area (Å²) in [7, 11) is 0. The van der Waals surface area contributed by atoms with Crippen LogP contribution in [0.3, 0.4) is 0 Å².